The molecule has 5 nitrogen and oxygen atoms in total. The number of benzene rings is 2. The van der Waals surface area contributed by atoms with Gasteiger partial charge < -0.3 is 25.0 Å². The average molecular weight is 427 g/mol. The summed E-state index contributed by atoms with van der Waals surface area (Å²) in [6, 6.07) is 16.0. The molecule has 0 spiro atoms. The van der Waals surface area contributed by atoms with Crippen molar-refractivity contribution in [3.63, 3.8) is 0 Å². The third-order valence-electron chi connectivity index (χ3n) is 4.63. The Morgan fingerprint density at radius 3 is 1.93 bits per heavy atom. The van der Waals surface area contributed by atoms with Crippen LogP contribution in [0.5, 0.6) is 11.5 Å². The molecule has 3 N–H and O–H groups in total. The van der Waals surface area contributed by atoms with Gasteiger partial charge in [0.2, 0.25) is 0 Å². The normalized spacial score (nSPS) is 11.5. The van der Waals surface area contributed by atoms with E-state index >= 15 is 0 Å². The smallest absolute Gasteiger partial charge is 0.258 e. The van der Waals surface area contributed by atoms with Crippen molar-refractivity contribution in [3.8, 4) is 11.5 Å². The quantitative estimate of drug-likeness (QED) is 0.198. The third kappa shape index (κ3) is 7.14. The molecule has 0 aliphatic rings. The first-order chi connectivity index (χ1) is 14.7. The minimum atomic E-state index is -1.22. The van der Waals surface area contributed by atoms with E-state index in [9.17, 15) is 0 Å². The Morgan fingerprint density at radius 1 is 0.933 bits per heavy atom. The molecule has 0 saturated carbocycles. The summed E-state index contributed by atoms with van der Waals surface area (Å²) in [6.45, 7) is 9.77. The molecule has 0 fully saturated rings. The first-order valence-electron chi connectivity index (χ1n) is 10.3. The summed E-state index contributed by atoms with van der Waals surface area (Å²) in [5, 5.41) is 3.35. The van der Waals surface area contributed by atoms with Crippen LogP contribution in [0.2, 0.25) is 0 Å². The minimum Gasteiger partial charge on any atom is -0.454 e. The molecule has 2 rings (SSSR count). The number of para-hydroxylation sites is 2. The molecule has 0 aliphatic carbocycles. The Hall–Kier alpha value is -2.38. The predicted octanol–water partition coefficient (Wildman–Crippen LogP) is 2.92. The fourth-order valence-corrected chi connectivity index (χ4v) is 4.43. The van der Waals surface area contributed by atoms with Crippen LogP contribution in [-0.4, -0.2) is 41.9 Å². The lowest BCUT2D eigenvalue weighted by molar-refractivity contribution is -0.0578. The highest BCUT2D eigenvalue weighted by Gasteiger charge is 2.36. The van der Waals surface area contributed by atoms with Gasteiger partial charge in [0, 0.05) is 33.2 Å². The monoisotopic (exact) mass is 426 g/mol. The average Bonchev–Trinajstić information content (AvgIpc) is 2.75. The van der Waals surface area contributed by atoms with Crippen molar-refractivity contribution in [1.82, 2.24) is 5.32 Å². The summed E-state index contributed by atoms with van der Waals surface area (Å²) in [4.78, 5) is 0. The Morgan fingerprint density at radius 2 is 1.47 bits per heavy atom. The zero-order valence-corrected chi connectivity index (χ0v) is 19.4. The van der Waals surface area contributed by atoms with E-state index in [0.717, 1.165) is 42.0 Å². The molecule has 0 aromatic heterocycles. The maximum atomic E-state index is 6.61. The van der Waals surface area contributed by atoms with Crippen LogP contribution in [0, 0.1) is 0 Å². The van der Waals surface area contributed by atoms with E-state index in [1.165, 1.54) is 0 Å². The molecule has 0 unspecified atom stereocenters. The molecule has 6 heteroatoms. The van der Waals surface area contributed by atoms with Gasteiger partial charge in [0.25, 0.3) is 15.2 Å². The van der Waals surface area contributed by atoms with Gasteiger partial charge in [0.1, 0.15) is 11.5 Å². The number of rotatable bonds is 15. The molecule has 0 atom stereocenters. The van der Waals surface area contributed by atoms with Crippen LogP contribution in [0.4, 0.5) is 0 Å². The van der Waals surface area contributed by atoms with E-state index in [0.29, 0.717) is 19.5 Å². The second kappa shape index (κ2) is 13.0. The van der Waals surface area contributed by atoms with E-state index in [-0.39, 0.29) is 0 Å². The molecule has 2 aromatic rings. The molecule has 0 radical (unpaired) electrons. The number of hydrogen-bond acceptors (Lipinski definition) is 5. The van der Waals surface area contributed by atoms with Crippen LogP contribution < -0.4 is 20.5 Å². The van der Waals surface area contributed by atoms with Crippen LogP contribution in [0.3, 0.4) is 0 Å². The van der Waals surface area contributed by atoms with Gasteiger partial charge >= 0.3 is 0 Å². The molecule has 0 aliphatic heterocycles. The Kier molecular flexibility index (Phi) is 10.4. The van der Waals surface area contributed by atoms with Gasteiger partial charge in [0.15, 0.2) is 0 Å². The van der Waals surface area contributed by atoms with Crippen LogP contribution in [0.15, 0.2) is 73.8 Å². The number of ether oxygens (including phenoxy) is 2. The molecule has 0 amide bonds. The first kappa shape index (κ1) is 23.9. The highest BCUT2D eigenvalue weighted by Crippen LogP contribution is 2.30. The molecule has 0 heterocycles. The molecule has 0 saturated heterocycles. The third-order valence-corrected chi connectivity index (χ3v) is 6.00. The van der Waals surface area contributed by atoms with E-state index in [1.54, 1.807) is 7.11 Å². The van der Waals surface area contributed by atoms with E-state index in [1.807, 2.05) is 48.6 Å². The standard InChI is InChI=1S/C24H34N2O3Si/c1-4-10-20-12-6-8-14-22(20)28-24(30-27-3,16-18-26-19-17-25)29-23-15-9-7-13-21(23)11-5-2/h4-9,12-15,26H,1-2,10-11,16-19,25,30H2,3H3. The summed E-state index contributed by atoms with van der Waals surface area (Å²) in [6.07, 6.45) is 5.83. The number of nitrogens with two attached hydrogens (primary N) is 1. The SMILES string of the molecule is C=CCc1ccccc1OC(CCNCCN)(Oc1ccccc1CC=C)[SiH2]OC. The van der Waals surface area contributed by atoms with Crippen molar-refractivity contribution < 1.29 is 13.9 Å². The number of hydrogen-bond donors (Lipinski definition) is 2. The van der Waals surface area contributed by atoms with Gasteiger partial charge in [-0.3, -0.25) is 0 Å². The van der Waals surface area contributed by atoms with Crippen molar-refractivity contribution in [2.75, 3.05) is 26.7 Å². The summed E-state index contributed by atoms with van der Waals surface area (Å²) in [7, 11) is 0.494. The number of allylic oxidation sites excluding steroid dienone is 2. The Labute approximate surface area is 182 Å². The van der Waals surface area contributed by atoms with Crippen molar-refractivity contribution >= 4 is 9.76 Å². The van der Waals surface area contributed by atoms with Crippen molar-refractivity contribution in [3.05, 3.63) is 85.0 Å². The van der Waals surface area contributed by atoms with Crippen molar-refractivity contribution in [2.45, 2.75) is 24.7 Å². The van der Waals surface area contributed by atoms with Crippen LogP contribution in [-0.2, 0) is 17.3 Å². The van der Waals surface area contributed by atoms with Crippen molar-refractivity contribution in [1.29, 1.82) is 0 Å². The highest BCUT2D eigenvalue weighted by molar-refractivity contribution is 6.31. The topological polar surface area (TPSA) is 65.7 Å². The summed E-state index contributed by atoms with van der Waals surface area (Å²) in [5.41, 5.74) is 6.90. The molecule has 2 aromatic carbocycles. The van der Waals surface area contributed by atoms with Crippen LogP contribution in [0.25, 0.3) is 0 Å². The fourth-order valence-electron chi connectivity index (χ4n) is 3.24. The lowest BCUT2D eigenvalue weighted by Crippen LogP contribution is -2.51. The summed E-state index contributed by atoms with van der Waals surface area (Å²) in [5.74, 6) is 1.59. The summed E-state index contributed by atoms with van der Waals surface area (Å²) < 4.78 is 18.9. The molecule has 162 valence electrons. The lowest BCUT2D eigenvalue weighted by atomic mass is 10.1. The first-order valence-corrected chi connectivity index (χ1v) is 11.6. The van der Waals surface area contributed by atoms with Gasteiger partial charge in [-0.1, -0.05) is 48.6 Å². The van der Waals surface area contributed by atoms with Crippen molar-refractivity contribution in [2.24, 2.45) is 5.73 Å². The van der Waals surface area contributed by atoms with E-state index in [2.05, 4.69) is 30.6 Å². The fraction of sp³-hybridized carbons (Fsp3) is 0.333. The number of nitrogens with one attached hydrogen (secondary N) is 1. The van der Waals surface area contributed by atoms with Gasteiger partial charge in [-0.05, 0) is 36.1 Å². The Bertz CT molecular complexity index is 742. The van der Waals surface area contributed by atoms with Crippen LogP contribution >= 0.6 is 0 Å². The minimum absolute atomic E-state index is 0.584. The van der Waals surface area contributed by atoms with Gasteiger partial charge in [-0.2, -0.15) is 0 Å². The maximum Gasteiger partial charge on any atom is 0.258 e. The molecule has 0 bridgehead atoms. The maximum absolute atomic E-state index is 6.61. The lowest BCUT2D eigenvalue weighted by Gasteiger charge is -2.35. The molecular weight excluding hydrogens is 392 g/mol. The summed E-state index contributed by atoms with van der Waals surface area (Å²) >= 11 is 0. The van der Waals surface area contributed by atoms with E-state index in [4.69, 9.17) is 19.6 Å². The van der Waals surface area contributed by atoms with Crippen LogP contribution in [0.1, 0.15) is 17.5 Å². The van der Waals surface area contributed by atoms with E-state index < -0.39 is 15.2 Å². The highest BCUT2D eigenvalue weighted by atomic mass is 28.2. The molecule has 30 heavy (non-hydrogen) atoms. The largest absolute Gasteiger partial charge is 0.454 e. The zero-order valence-electron chi connectivity index (χ0n) is 17.9. The Balaban J connectivity index is 2.39. The second-order valence-electron chi connectivity index (χ2n) is 7.04. The predicted molar refractivity (Wildman–Crippen MR) is 127 cm³/mol. The second-order valence-corrected chi connectivity index (χ2v) is 8.98. The van der Waals surface area contributed by atoms with Gasteiger partial charge in [-0.15, -0.1) is 13.2 Å². The van der Waals surface area contributed by atoms with Gasteiger partial charge in [0.05, 0.1) is 0 Å². The zero-order chi connectivity index (χ0) is 21.7. The molecular formula is C24H34N2O3Si. The van der Waals surface area contributed by atoms with Gasteiger partial charge in [-0.25, -0.2) is 0 Å².